The van der Waals surface area contributed by atoms with Crippen LogP contribution in [0.25, 0.3) is 16.9 Å². The lowest BCUT2D eigenvalue weighted by Crippen LogP contribution is -2.28. The number of hydrogen-bond donors (Lipinski definition) is 1. The molecule has 1 aliphatic carbocycles. The van der Waals surface area contributed by atoms with Gasteiger partial charge < -0.3 is 10.0 Å². The van der Waals surface area contributed by atoms with E-state index >= 15 is 0 Å². The summed E-state index contributed by atoms with van der Waals surface area (Å²) in [5.74, 6) is -0.403. The van der Waals surface area contributed by atoms with E-state index < -0.39 is 6.10 Å². The van der Waals surface area contributed by atoms with E-state index in [-0.39, 0.29) is 17.8 Å². The highest BCUT2D eigenvalue weighted by Gasteiger charge is 2.45. The van der Waals surface area contributed by atoms with Crippen LogP contribution in [0.1, 0.15) is 28.0 Å². The third-order valence-electron chi connectivity index (χ3n) is 5.31. The Morgan fingerprint density at radius 1 is 1.22 bits per heavy atom. The van der Waals surface area contributed by atoms with Crippen LogP contribution in [0.5, 0.6) is 0 Å². The fourth-order valence-corrected chi connectivity index (χ4v) is 3.71. The maximum atomic E-state index is 14.1. The minimum absolute atomic E-state index is 0.0372. The Morgan fingerprint density at radius 3 is 2.74 bits per heavy atom. The van der Waals surface area contributed by atoms with Crippen LogP contribution in [0.2, 0.25) is 0 Å². The molecule has 3 aromatic rings. The molecule has 2 aliphatic rings. The molecule has 2 unspecified atom stereocenters. The third kappa shape index (κ3) is 2.46. The van der Waals surface area contributed by atoms with Crippen LogP contribution in [0.3, 0.4) is 0 Å². The molecule has 2 aromatic carbocycles. The Hall–Kier alpha value is -3.06. The van der Waals surface area contributed by atoms with Gasteiger partial charge in [-0.3, -0.25) is 4.79 Å². The van der Waals surface area contributed by atoms with E-state index in [1.165, 1.54) is 10.7 Å². The molecule has 2 atom stereocenters. The van der Waals surface area contributed by atoms with Gasteiger partial charge in [-0.2, -0.15) is 0 Å². The van der Waals surface area contributed by atoms with Crippen molar-refractivity contribution in [3.8, 4) is 16.9 Å². The van der Waals surface area contributed by atoms with Crippen molar-refractivity contribution >= 4 is 5.91 Å². The Balaban J connectivity index is 1.51. The minimum atomic E-state index is -0.411. The van der Waals surface area contributed by atoms with Crippen molar-refractivity contribution in [3.05, 3.63) is 65.1 Å². The van der Waals surface area contributed by atoms with Gasteiger partial charge in [-0.1, -0.05) is 23.4 Å². The molecule has 1 amide bonds. The second-order valence-electron chi connectivity index (χ2n) is 7.06. The number of para-hydroxylation sites is 1. The van der Waals surface area contributed by atoms with Crippen molar-refractivity contribution in [2.75, 3.05) is 0 Å². The molecule has 0 bridgehead atoms. The van der Waals surface area contributed by atoms with Gasteiger partial charge in [0, 0.05) is 17.7 Å². The summed E-state index contributed by atoms with van der Waals surface area (Å²) in [4.78, 5) is 14.2. The normalized spacial score (nSPS) is 20.9. The van der Waals surface area contributed by atoms with Crippen LogP contribution < -0.4 is 0 Å². The summed E-state index contributed by atoms with van der Waals surface area (Å²) in [7, 11) is 0. The van der Waals surface area contributed by atoms with Gasteiger partial charge in [0.1, 0.15) is 17.2 Å². The first-order valence-corrected chi connectivity index (χ1v) is 8.84. The smallest absolute Gasteiger partial charge is 0.254 e. The molecule has 1 N–H and O–H groups in total. The van der Waals surface area contributed by atoms with Gasteiger partial charge in [0.2, 0.25) is 0 Å². The molecule has 7 heteroatoms. The number of amides is 1. The standard InChI is InChI=1S/C20H17FN4O2/c1-11-19(22-23-25(11)16-5-3-2-4-15(16)21)12-6-7-14-13(8-12)10-24(20(14)27)17-9-18(17)26/h2-8,17-18,26H,9-10H2,1H3. The molecule has 27 heavy (non-hydrogen) atoms. The van der Waals surface area contributed by atoms with E-state index in [1.54, 1.807) is 29.2 Å². The Morgan fingerprint density at radius 2 is 2.00 bits per heavy atom. The van der Waals surface area contributed by atoms with E-state index in [0.29, 0.717) is 29.9 Å². The number of halogens is 1. The quantitative estimate of drug-likeness (QED) is 0.775. The Kier molecular flexibility index (Phi) is 3.42. The highest BCUT2D eigenvalue weighted by Crippen LogP contribution is 2.36. The third-order valence-corrected chi connectivity index (χ3v) is 5.31. The van der Waals surface area contributed by atoms with Crippen LogP contribution in [-0.2, 0) is 6.54 Å². The number of rotatable bonds is 3. The number of carbonyl (C=O) groups is 1. The van der Waals surface area contributed by atoms with Crippen molar-refractivity contribution in [2.45, 2.75) is 32.0 Å². The summed E-state index contributed by atoms with van der Waals surface area (Å²) in [6.45, 7) is 2.33. The van der Waals surface area contributed by atoms with Crippen LogP contribution in [0.4, 0.5) is 4.39 Å². The zero-order chi connectivity index (χ0) is 18.7. The number of aliphatic hydroxyl groups excluding tert-OH is 1. The maximum absolute atomic E-state index is 14.1. The molecule has 1 aliphatic heterocycles. The van der Waals surface area contributed by atoms with Gasteiger partial charge in [-0.05, 0) is 43.2 Å². The van der Waals surface area contributed by atoms with Crippen molar-refractivity contribution in [3.63, 3.8) is 0 Å². The molecule has 6 nitrogen and oxygen atoms in total. The molecule has 0 saturated heterocycles. The lowest BCUT2D eigenvalue weighted by molar-refractivity contribution is 0.0734. The number of carbonyl (C=O) groups excluding carboxylic acids is 1. The van der Waals surface area contributed by atoms with E-state index in [9.17, 15) is 14.3 Å². The maximum Gasteiger partial charge on any atom is 0.254 e. The summed E-state index contributed by atoms with van der Waals surface area (Å²) in [5.41, 5.74) is 4.13. The van der Waals surface area contributed by atoms with Crippen molar-refractivity contribution in [2.24, 2.45) is 0 Å². The van der Waals surface area contributed by atoms with E-state index in [1.807, 2.05) is 19.1 Å². The van der Waals surface area contributed by atoms with Crippen molar-refractivity contribution in [1.29, 1.82) is 0 Å². The predicted octanol–water partition coefficient (Wildman–Crippen LogP) is 2.47. The second kappa shape index (κ2) is 5.72. The summed E-state index contributed by atoms with van der Waals surface area (Å²) in [6, 6.07) is 11.9. The number of benzene rings is 2. The van der Waals surface area contributed by atoms with Crippen LogP contribution in [0, 0.1) is 12.7 Å². The minimum Gasteiger partial charge on any atom is -0.391 e. The van der Waals surface area contributed by atoms with Crippen LogP contribution in [0.15, 0.2) is 42.5 Å². The lowest BCUT2D eigenvalue weighted by Gasteiger charge is -2.13. The van der Waals surface area contributed by atoms with Gasteiger partial charge in [0.15, 0.2) is 0 Å². The first kappa shape index (κ1) is 16.1. The average Bonchev–Trinajstić information content (AvgIpc) is 3.12. The monoisotopic (exact) mass is 364 g/mol. The highest BCUT2D eigenvalue weighted by atomic mass is 19.1. The number of aliphatic hydroxyl groups is 1. The van der Waals surface area contributed by atoms with Gasteiger partial charge in [-0.25, -0.2) is 9.07 Å². The topological polar surface area (TPSA) is 71.2 Å². The van der Waals surface area contributed by atoms with Crippen molar-refractivity contribution in [1.82, 2.24) is 19.9 Å². The molecule has 1 saturated carbocycles. The molecular formula is C20H17FN4O2. The number of hydrogen-bond acceptors (Lipinski definition) is 4. The number of fused-ring (bicyclic) bond motifs is 1. The molecule has 1 fully saturated rings. The summed E-state index contributed by atoms with van der Waals surface area (Å²) >= 11 is 0. The fourth-order valence-electron chi connectivity index (χ4n) is 3.71. The SMILES string of the molecule is Cc1c(-c2ccc3c(c2)CN(C2CC2O)C3=O)nnn1-c1ccccc1F. The van der Waals surface area contributed by atoms with Crippen LogP contribution >= 0.6 is 0 Å². The van der Waals surface area contributed by atoms with Gasteiger partial charge in [0.05, 0.1) is 17.8 Å². The van der Waals surface area contributed by atoms with E-state index in [4.69, 9.17) is 0 Å². The van der Waals surface area contributed by atoms with E-state index in [2.05, 4.69) is 10.3 Å². The Bertz CT molecular complexity index is 1080. The predicted molar refractivity (Wildman–Crippen MR) is 95.8 cm³/mol. The number of nitrogens with zero attached hydrogens (tertiary/aromatic N) is 4. The lowest BCUT2D eigenvalue weighted by atomic mass is 10.0. The van der Waals surface area contributed by atoms with Crippen molar-refractivity contribution < 1.29 is 14.3 Å². The zero-order valence-corrected chi connectivity index (χ0v) is 14.6. The second-order valence-corrected chi connectivity index (χ2v) is 7.06. The fraction of sp³-hybridized carbons (Fsp3) is 0.250. The van der Waals surface area contributed by atoms with Gasteiger partial charge in [-0.15, -0.1) is 5.10 Å². The largest absolute Gasteiger partial charge is 0.391 e. The molecule has 0 radical (unpaired) electrons. The van der Waals surface area contributed by atoms with Gasteiger partial charge >= 0.3 is 0 Å². The summed E-state index contributed by atoms with van der Waals surface area (Å²) < 4.78 is 15.6. The summed E-state index contributed by atoms with van der Waals surface area (Å²) in [5, 5.41) is 18.0. The molecule has 5 rings (SSSR count). The first-order chi connectivity index (χ1) is 13.0. The van der Waals surface area contributed by atoms with E-state index in [0.717, 1.165) is 16.8 Å². The molecular weight excluding hydrogens is 347 g/mol. The van der Waals surface area contributed by atoms with Gasteiger partial charge in [0.25, 0.3) is 5.91 Å². The Labute approximate surface area is 154 Å². The summed E-state index contributed by atoms with van der Waals surface area (Å²) in [6.07, 6.45) is 0.230. The highest BCUT2D eigenvalue weighted by molar-refractivity contribution is 5.99. The molecule has 1 aromatic heterocycles. The molecule has 2 heterocycles. The van der Waals surface area contributed by atoms with Crippen LogP contribution in [-0.4, -0.2) is 43.1 Å². The average molecular weight is 364 g/mol. The molecule has 136 valence electrons. The number of aromatic nitrogens is 3. The zero-order valence-electron chi connectivity index (χ0n) is 14.6. The first-order valence-electron chi connectivity index (χ1n) is 8.84. The molecule has 0 spiro atoms.